The van der Waals surface area contributed by atoms with Crippen LogP contribution in [0.15, 0.2) is 88.7 Å². The lowest BCUT2D eigenvalue weighted by Crippen LogP contribution is -2.41. The van der Waals surface area contributed by atoms with Crippen LogP contribution in [0, 0.1) is 0 Å². The van der Waals surface area contributed by atoms with Crippen molar-refractivity contribution in [3.8, 4) is 28.8 Å². The average molecular weight is 621 g/mol. The Hall–Kier alpha value is -5.65. The molecule has 46 heavy (non-hydrogen) atoms. The second-order valence-electron chi connectivity index (χ2n) is 10.2. The maximum Gasteiger partial charge on any atom is 0.266 e. The van der Waals surface area contributed by atoms with E-state index in [4.69, 9.17) is 4.74 Å². The summed E-state index contributed by atoms with van der Waals surface area (Å²) in [6, 6.07) is 20.0. The molecule has 1 aromatic carbocycles. The predicted molar refractivity (Wildman–Crippen MR) is 177 cm³/mol. The quantitative estimate of drug-likeness (QED) is 0.259. The van der Waals surface area contributed by atoms with Gasteiger partial charge in [-0.15, -0.1) is 0 Å². The Bertz CT molecular complexity index is 1860. The SMILES string of the molecule is CC.O=C(COc1ccccc1)N1CCCc2c1nc(-c1ccccn1)[nH]c2=O.O=c1[nH]c(-c2ccccn2)nc2c1CCCN2. The van der Waals surface area contributed by atoms with Gasteiger partial charge in [-0.05, 0) is 62.1 Å². The maximum absolute atomic E-state index is 12.7. The van der Waals surface area contributed by atoms with Crippen molar-refractivity contribution in [3.05, 3.63) is 111 Å². The standard InChI is InChI=1S/C20H18N4O3.C12H12N4O.C2H6/c25-17(13-27-14-7-2-1-3-8-14)24-12-6-9-15-19(24)22-18(23-20(15)26)16-10-4-5-11-21-16;17-12-8-4-3-7-14-10(8)15-11(16-12)9-5-1-2-6-13-9;1-2/h1-5,7-8,10-11H,6,9,12-13H2,(H,22,23,26);1-2,5-6H,3-4,7H2,(H2,14,15,16,17);1-2H3. The van der Waals surface area contributed by atoms with Crippen LogP contribution in [0.4, 0.5) is 11.6 Å². The summed E-state index contributed by atoms with van der Waals surface area (Å²) in [5, 5.41) is 3.15. The van der Waals surface area contributed by atoms with Gasteiger partial charge >= 0.3 is 0 Å². The number of fused-ring (bicyclic) bond motifs is 2. The lowest BCUT2D eigenvalue weighted by molar-refractivity contribution is -0.120. The number of para-hydroxylation sites is 1. The molecule has 2 aliphatic rings. The first-order valence-electron chi connectivity index (χ1n) is 15.4. The number of carbonyl (C=O) groups is 1. The summed E-state index contributed by atoms with van der Waals surface area (Å²) in [5.74, 6) is 2.35. The highest BCUT2D eigenvalue weighted by molar-refractivity contribution is 5.94. The second kappa shape index (κ2) is 15.4. The number of H-pyrrole nitrogens is 2. The topological polar surface area (TPSA) is 159 Å². The zero-order chi connectivity index (χ0) is 32.3. The molecule has 0 saturated heterocycles. The van der Waals surface area contributed by atoms with Crippen molar-refractivity contribution in [2.45, 2.75) is 39.5 Å². The minimum Gasteiger partial charge on any atom is -0.484 e. The number of nitrogens with one attached hydrogen (secondary N) is 3. The third-order valence-electron chi connectivity index (χ3n) is 7.19. The second-order valence-corrected chi connectivity index (χ2v) is 10.2. The highest BCUT2D eigenvalue weighted by atomic mass is 16.5. The number of rotatable bonds is 5. The van der Waals surface area contributed by atoms with Gasteiger partial charge in [-0.3, -0.25) is 29.3 Å². The van der Waals surface area contributed by atoms with E-state index < -0.39 is 0 Å². The Balaban J connectivity index is 0.000000188. The van der Waals surface area contributed by atoms with Gasteiger partial charge in [-0.1, -0.05) is 44.2 Å². The van der Waals surface area contributed by atoms with Crippen LogP contribution < -0.4 is 26.1 Å². The Labute approximate surface area is 266 Å². The largest absolute Gasteiger partial charge is 0.484 e. The van der Waals surface area contributed by atoms with Gasteiger partial charge in [0, 0.05) is 25.5 Å². The van der Waals surface area contributed by atoms with Crippen molar-refractivity contribution >= 4 is 17.5 Å². The van der Waals surface area contributed by atoms with Crippen molar-refractivity contribution in [2.24, 2.45) is 0 Å². The minimum absolute atomic E-state index is 0.0668. The number of nitrogens with zero attached hydrogens (tertiary/aromatic N) is 5. The first kappa shape index (κ1) is 31.8. The fourth-order valence-corrected chi connectivity index (χ4v) is 5.03. The Morgan fingerprint density at radius 1 is 0.783 bits per heavy atom. The molecule has 0 bridgehead atoms. The predicted octanol–water partition coefficient (Wildman–Crippen LogP) is 4.41. The number of benzene rings is 1. The Kier molecular flexibility index (Phi) is 10.6. The average Bonchev–Trinajstić information content (AvgIpc) is 3.12. The summed E-state index contributed by atoms with van der Waals surface area (Å²) in [6.45, 7) is 5.25. The van der Waals surface area contributed by atoms with E-state index in [0.717, 1.165) is 24.9 Å². The molecule has 0 saturated carbocycles. The monoisotopic (exact) mass is 620 g/mol. The molecule has 6 heterocycles. The number of hydrogen-bond acceptors (Lipinski definition) is 9. The van der Waals surface area contributed by atoms with Crippen molar-refractivity contribution in [1.82, 2.24) is 29.9 Å². The summed E-state index contributed by atoms with van der Waals surface area (Å²) < 4.78 is 5.56. The first-order chi connectivity index (χ1) is 22.6. The normalized spacial score (nSPS) is 13.0. The molecule has 5 aromatic rings. The summed E-state index contributed by atoms with van der Waals surface area (Å²) in [5.41, 5.74) is 2.20. The number of anilines is 2. The molecular weight excluding hydrogens is 584 g/mol. The lowest BCUT2D eigenvalue weighted by Gasteiger charge is -2.28. The van der Waals surface area contributed by atoms with Crippen molar-refractivity contribution in [2.75, 3.05) is 29.9 Å². The molecule has 0 aliphatic carbocycles. The Morgan fingerprint density at radius 3 is 2.04 bits per heavy atom. The minimum atomic E-state index is -0.234. The van der Waals surface area contributed by atoms with Gasteiger partial charge in [0.15, 0.2) is 18.3 Å². The van der Waals surface area contributed by atoms with E-state index in [2.05, 4.69) is 35.2 Å². The number of hydrogen-bond donors (Lipinski definition) is 3. The van der Waals surface area contributed by atoms with Crippen molar-refractivity contribution < 1.29 is 9.53 Å². The van der Waals surface area contributed by atoms with E-state index in [1.54, 1.807) is 36.7 Å². The van der Waals surface area contributed by atoms with Crippen molar-refractivity contribution in [1.29, 1.82) is 0 Å². The van der Waals surface area contributed by atoms with Gasteiger partial charge in [0.2, 0.25) is 0 Å². The summed E-state index contributed by atoms with van der Waals surface area (Å²) in [6.07, 6.45) is 6.36. The molecule has 7 rings (SSSR count). The molecule has 0 radical (unpaired) electrons. The summed E-state index contributed by atoms with van der Waals surface area (Å²) in [4.78, 5) is 61.6. The van der Waals surface area contributed by atoms with Crippen molar-refractivity contribution in [3.63, 3.8) is 0 Å². The molecule has 236 valence electrons. The smallest absolute Gasteiger partial charge is 0.266 e. The van der Waals surface area contributed by atoms with Crippen LogP contribution in [0.3, 0.4) is 0 Å². The fraction of sp³-hybridized carbons (Fsp3) is 0.265. The molecule has 0 fully saturated rings. The van der Waals surface area contributed by atoms with Gasteiger partial charge < -0.3 is 20.0 Å². The van der Waals surface area contributed by atoms with Crippen LogP contribution in [0.1, 0.15) is 37.8 Å². The number of aromatic nitrogens is 6. The van der Waals surface area contributed by atoms with E-state index in [9.17, 15) is 14.4 Å². The number of carbonyl (C=O) groups excluding carboxylic acids is 1. The van der Waals surface area contributed by atoms with Gasteiger partial charge in [0.1, 0.15) is 28.8 Å². The lowest BCUT2D eigenvalue weighted by atomic mass is 10.1. The third-order valence-corrected chi connectivity index (χ3v) is 7.19. The highest BCUT2D eigenvalue weighted by Crippen LogP contribution is 2.25. The first-order valence-corrected chi connectivity index (χ1v) is 15.4. The molecular formula is C34H36N8O4. The Morgan fingerprint density at radius 2 is 1.39 bits per heavy atom. The number of aromatic amines is 2. The summed E-state index contributed by atoms with van der Waals surface area (Å²) in [7, 11) is 0. The van der Waals surface area contributed by atoms with Crippen LogP contribution in [0.2, 0.25) is 0 Å². The molecule has 0 atom stereocenters. The zero-order valence-electron chi connectivity index (χ0n) is 25.8. The van der Waals surface area contributed by atoms with Gasteiger partial charge in [0.05, 0.1) is 11.1 Å². The van der Waals surface area contributed by atoms with E-state index in [1.165, 1.54) is 4.90 Å². The maximum atomic E-state index is 12.7. The van der Waals surface area contributed by atoms with Gasteiger partial charge in [-0.2, -0.15) is 0 Å². The number of pyridine rings is 2. The van der Waals surface area contributed by atoms with Crippen LogP contribution in [0.5, 0.6) is 5.75 Å². The highest BCUT2D eigenvalue weighted by Gasteiger charge is 2.27. The van der Waals surface area contributed by atoms with E-state index in [-0.39, 0.29) is 23.6 Å². The zero-order valence-corrected chi connectivity index (χ0v) is 25.8. The third kappa shape index (κ3) is 7.52. The number of ether oxygens (including phenoxy) is 1. The van der Waals surface area contributed by atoms with E-state index in [1.807, 2.05) is 56.3 Å². The molecule has 12 nitrogen and oxygen atoms in total. The van der Waals surface area contributed by atoms with Gasteiger partial charge in [-0.25, -0.2) is 9.97 Å². The molecule has 0 spiro atoms. The molecule has 2 aliphatic heterocycles. The van der Waals surface area contributed by atoms with Crippen LogP contribution in [0.25, 0.3) is 23.0 Å². The van der Waals surface area contributed by atoms with Crippen LogP contribution in [-0.2, 0) is 17.6 Å². The molecule has 12 heteroatoms. The summed E-state index contributed by atoms with van der Waals surface area (Å²) >= 11 is 0. The molecule has 3 N–H and O–H groups in total. The van der Waals surface area contributed by atoms with E-state index >= 15 is 0 Å². The van der Waals surface area contributed by atoms with Crippen LogP contribution in [-0.4, -0.2) is 55.5 Å². The van der Waals surface area contributed by atoms with E-state index in [0.29, 0.717) is 65.4 Å². The molecule has 0 unspecified atom stereocenters. The number of amides is 1. The van der Waals surface area contributed by atoms with Crippen LogP contribution >= 0.6 is 0 Å². The fourth-order valence-electron chi connectivity index (χ4n) is 5.03. The van der Waals surface area contributed by atoms with Gasteiger partial charge in [0.25, 0.3) is 17.0 Å². The molecule has 1 amide bonds. The molecule has 4 aromatic heterocycles.